The van der Waals surface area contributed by atoms with Crippen LogP contribution in [-0.4, -0.2) is 10.6 Å². The van der Waals surface area contributed by atoms with Gasteiger partial charge in [0.2, 0.25) is 6.08 Å². The number of benzene rings is 1. The Bertz CT molecular complexity index is 538. The van der Waals surface area contributed by atoms with E-state index in [9.17, 15) is 4.79 Å². The van der Waals surface area contributed by atoms with Gasteiger partial charge in [-0.1, -0.05) is 12.1 Å². The van der Waals surface area contributed by atoms with Crippen LogP contribution in [0.25, 0.3) is 10.9 Å². The van der Waals surface area contributed by atoms with Gasteiger partial charge in [-0.15, -0.1) is 0 Å². The van der Waals surface area contributed by atoms with Crippen LogP contribution in [0.3, 0.4) is 0 Å². The van der Waals surface area contributed by atoms with Crippen LogP contribution in [0.5, 0.6) is 0 Å². The third-order valence-corrected chi connectivity index (χ3v) is 2.74. The van der Waals surface area contributed by atoms with Crippen molar-refractivity contribution in [3.8, 4) is 0 Å². The van der Waals surface area contributed by atoms with E-state index >= 15 is 0 Å². The van der Waals surface area contributed by atoms with Crippen LogP contribution in [0.1, 0.15) is 0 Å². The number of isocyanates is 1. The quantitative estimate of drug-likeness (QED) is 0.566. The Morgan fingerprint density at radius 2 is 2.29 bits per heavy atom. The van der Waals surface area contributed by atoms with E-state index < -0.39 is 0 Å². The number of aryl methyl sites for hydroxylation is 1. The van der Waals surface area contributed by atoms with Gasteiger partial charge in [-0.25, -0.2) is 4.79 Å². The monoisotopic (exact) mass is 250 g/mol. The predicted molar refractivity (Wildman–Crippen MR) is 58.4 cm³/mol. The van der Waals surface area contributed by atoms with Crippen LogP contribution in [0.2, 0.25) is 0 Å². The molecule has 14 heavy (non-hydrogen) atoms. The lowest BCUT2D eigenvalue weighted by molar-refractivity contribution is 0.565. The molecular weight excluding hydrogens is 244 g/mol. The molecule has 0 spiro atoms. The second-order valence-electron chi connectivity index (χ2n) is 2.96. The molecule has 0 fully saturated rings. The Morgan fingerprint density at radius 1 is 1.50 bits per heavy atom. The highest BCUT2D eigenvalue weighted by atomic mass is 79.9. The zero-order valence-corrected chi connectivity index (χ0v) is 9.08. The van der Waals surface area contributed by atoms with E-state index in [-0.39, 0.29) is 0 Å². The number of aliphatic imine (C=N–C) groups is 1. The molecule has 0 saturated heterocycles. The number of hydrogen-bond donors (Lipinski definition) is 0. The Balaban J connectivity index is 2.90. The Kier molecular flexibility index (Phi) is 2.23. The molecule has 0 saturated carbocycles. The second-order valence-corrected chi connectivity index (χ2v) is 3.82. The maximum Gasteiger partial charge on any atom is 0.240 e. The lowest BCUT2D eigenvalue weighted by atomic mass is 10.2. The number of nitrogens with zero attached hydrogens (tertiary/aromatic N) is 2. The summed E-state index contributed by atoms with van der Waals surface area (Å²) in [5.74, 6) is 0. The molecule has 4 heteroatoms. The first-order chi connectivity index (χ1) is 6.74. The molecular formula is C10H7BrN2O. The highest BCUT2D eigenvalue weighted by molar-refractivity contribution is 9.10. The summed E-state index contributed by atoms with van der Waals surface area (Å²) in [6.07, 6.45) is 3.36. The van der Waals surface area contributed by atoms with Crippen molar-refractivity contribution in [3.63, 3.8) is 0 Å². The van der Waals surface area contributed by atoms with Crippen LogP contribution in [-0.2, 0) is 11.8 Å². The van der Waals surface area contributed by atoms with Gasteiger partial charge in [-0.05, 0) is 22.0 Å². The van der Waals surface area contributed by atoms with Gasteiger partial charge in [0.1, 0.15) is 5.69 Å². The average Bonchev–Trinajstić information content (AvgIpc) is 2.46. The van der Waals surface area contributed by atoms with Crippen LogP contribution >= 0.6 is 15.9 Å². The topological polar surface area (TPSA) is 34.4 Å². The zero-order chi connectivity index (χ0) is 10.1. The van der Waals surface area contributed by atoms with Gasteiger partial charge >= 0.3 is 0 Å². The van der Waals surface area contributed by atoms with Gasteiger partial charge < -0.3 is 4.57 Å². The Hall–Kier alpha value is -1.38. The smallest absolute Gasteiger partial charge is 0.240 e. The molecule has 1 aromatic heterocycles. The average molecular weight is 251 g/mol. The molecule has 0 atom stereocenters. The van der Waals surface area contributed by atoms with Gasteiger partial charge in [-0.3, -0.25) is 0 Å². The third-order valence-electron chi connectivity index (χ3n) is 2.10. The van der Waals surface area contributed by atoms with E-state index in [1.54, 1.807) is 12.3 Å². The molecule has 0 aliphatic rings. The van der Waals surface area contributed by atoms with E-state index in [1.807, 2.05) is 29.8 Å². The molecule has 1 aromatic carbocycles. The number of para-hydroxylation sites is 1. The van der Waals surface area contributed by atoms with Crippen molar-refractivity contribution in [2.45, 2.75) is 0 Å². The van der Waals surface area contributed by atoms with Crippen LogP contribution < -0.4 is 0 Å². The molecule has 1 heterocycles. The largest absolute Gasteiger partial charge is 0.347 e. The molecule has 0 aliphatic heterocycles. The zero-order valence-electron chi connectivity index (χ0n) is 7.49. The summed E-state index contributed by atoms with van der Waals surface area (Å²) >= 11 is 3.45. The summed E-state index contributed by atoms with van der Waals surface area (Å²) in [7, 11) is 1.91. The normalized spacial score (nSPS) is 10.1. The van der Waals surface area contributed by atoms with Crippen molar-refractivity contribution in [1.29, 1.82) is 0 Å². The van der Waals surface area contributed by atoms with Gasteiger partial charge in [0, 0.05) is 23.1 Å². The van der Waals surface area contributed by atoms with E-state index in [0.29, 0.717) is 5.69 Å². The summed E-state index contributed by atoms with van der Waals surface area (Å²) < 4.78 is 2.92. The van der Waals surface area contributed by atoms with Crippen molar-refractivity contribution in [3.05, 3.63) is 28.9 Å². The molecule has 0 N–H and O–H groups in total. The number of carbonyl (C=O) groups excluding carboxylic acids is 1. The fourth-order valence-electron chi connectivity index (χ4n) is 1.54. The molecule has 0 radical (unpaired) electrons. The maximum absolute atomic E-state index is 10.2. The first-order valence-electron chi connectivity index (χ1n) is 4.05. The lowest BCUT2D eigenvalue weighted by Crippen LogP contribution is -1.83. The highest BCUT2D eigenvalue weighted by Gasteiger charge is 2.07. The maximum atomic E-state index is 10.2. The molecule has 3 nitrogen and oxygen atoms in total. The lowest BCUT2D eigenvalue weighted by Gasteiger charge is -1.97. The van der Waals surface area contributed by atoms with Gasteiger partial charge in [-0.2, -0.15) is 4.99 Å². The van der Waals surface area contributed by atoms with Gasteiger partial charge in [0.05, 0.1) is 5.52 Å². The molecule has 0 aliphatic carbocycles. The summed E-state index contributed by atoms with van der Waals surface area (Å²) in [6, 6.07) is 5.79. The predicted octanol–water partition coefficient (Wildman–Crippen LogP) is 2.91. The van der Waals surface area contributed by atoms with Gasteiger partial charge in [0.25, 0.3) is 0 Å². The van der Waals surface area contributed by atoms with E-state index in [0.717, 1.165) is 15.4 Å². The van der Waals surface area contributed by atoms with E-state index in [1.165, 1.54) is 0 Å². The summed E-state index contributed by atoms with van der Waals surface area (Å²) in [5.41, 5.74) is 1.68. The van der Waals surface area contributed by atoms with Crippen molar-refractivity contribution < 1.29 is 4.79 Å². The molecule has 2 aromatic rings. The third kappa shape index (κ3) is 1.29. The summed E-state index contributed by atoms with van der Waals surface area (Å²) in [6.45, 7) is 0. The first kappa shape index (κ1) is 9.19. The molecule has 0 unspecified atom stereocenters. The number of fused-ring (bicyclic) bond motifs is 1. The minimum Gasteiger partial charge on any atom is -0.347 e. The van der Waals surface area contributed by atoms with E-state index in [4.69, 9.17) is 0 Å². The van der Waals surface area contributed by atoms with Crippen molar-refractivity contribution >= 4 is 38.6 Å². The Labute approximate surface area is 89.2 Å². The fraction of sp³-hybridized carbons (Fsp3) is 0.100. The van der Waals surface area contributed by atoms with Crippen molar-refractivity contribution in [2.24, 2.45) is 12.0 Å². The minimum atomic E-state index is 0.652. The van der Waals surface area contributed by atoms with Crippen molar-refractivity contribution in [1.82, 2.24) is 4.57 Å². The molecule has 0 amide bonds. The Morgan fingerprint density at radius 3 is 3.00 bits per heavy atom. The minimum absolute atomic E-state index is 0.652. The molecule has 2 rings (SSSR count). The standard InChI is InChI=1S/C10H7BrN2O/c1-13-5-9(12-6-14)7-3-2-4-8(11)10(7)13/h2-5H,1H3. The highest BCUT2D eigenvalue weighted by Crippen LogP contribution is 2.32. The number of rotatable bonds is 1. The fourth-order valence-corrected chi connectivity index (χ4v) is 2.18. The van der Waals surface area contributed by atoms with Crippen LogP contribution in [0, 0.1) is 0 Å². The molecule has 0 bridgehead atoms. The number of halogens is 1. The SMILES string of the molecule is Cn1cc(N=C=O)c2cccc(Br)c21. The van der Waals surface area contributed by atoms with Gasteiger partial charge in [0.15, 0.2) is 0 Å². The summed E-state index contributed by atoms with van der Waals surface area (Å²) in [4.78, 5) is 13.8. The van der Waals surface area contributed by atoms with E-state index in [2.05, 4.69) is 20.9 Å². The second kappa shape index (κ2) is 3.40. The summed E-state index contributed by atoms with van der Waals surface area (Å²) in [5, 5.41) is 0.949. The number of aromatic nitrogens is 1. The first-order valence-corrected chi connectivity index (χ1v) is 4.85. The van der Waals surface area contributed by atoms with Crippen molar-refractivity contribution in [2.75, 3.05) is 0 Å². The van der Waals surface area contributed by atoms with Crippen LogP contribution in [0.15, 0.2) is 33.9 Å². The number of hydrogen-bond acceptors (Lipinski definition) is 2. The molecule has 70 valence electrons. The van der Waals surface area contributed by atoms with Crippen LogP contribution in [0.4, 0.5) is 5.69 Å².